The topological polar surface area (TPSA) is 33.1 Å². The first kappa shape index (κ1) is 12.4. The van der Waals surface area contributed by atoms with Gasteiger partial charge in [0.05, 0.1) is 11.4 Å². The smallest absolute Gasteiger partial charge is 0.0769 e. The van der Waals surface area contributed by atoms with Gasteiger partial charge >= 0.3 is 0 Å². The largest absolute Gasteiger partial charge is 0.312 e. The summed E-state index contributed by atoms with van der Waals surface area (Å²) in [5, 5.41) is 8.12. The number of para-hydroxylation sites is 1. The Kier molecular flexibility index (Phi) is 3.62. The maximum Gasteiger partial charge on any atom is 0.0769 e. The van der Waals surface area contributed by atoms with Gasteiger partial charge in [0.15, 0.2) is 0 Å². The monoisotopic (exact) mass is 256 g/mol. The van der Waals surface area contributed by atoms with E-state index in [4.69, 9.17) is 0 Å². The fraction of sp³-hybridized carbons (Fsp3) is 0.400. The Hall–Kier alpha value is -1.65. The zero-order valence-corrected chi connectivity index (χ0v) is 11.3. The summed E-state index contributed by atoms with van der Waals surface area (Å²) in [7, 11) is 0. The molecule has 1 aromatic carbocycles. The lowest BCUT2D eigenvalue weighted by Gasteiger charge is -2.31. The second-order valence-electron chi connectivity index (χ2n) is 5.18. The predicted octanol–water partition coefficient (Wildman–Crippen LogP) is 1.67. The zero-order valence-electron chi connectivity index (χ0n) is 11.3. The lowest BCUT2D eigenvalue weighted by atomic mass is 10.2. The van der Waals surface area contributed by atoms with Crippen LogP contribution >= 0.6 is 0 Å². The molecular weight excluding hydrogens is 236 g/mol. The lowest BCUT2D eigenvalue weighted by Crippen LogP contribution is -2.48. The number of hydrogen-bond acceptors (Lipinski definition) is 3. The van der Waals surface area contributed by atoms with Gasteiger partial charge in [-0.2, -0.15) is 5.10 Å². The second-order valence-corrected chi connectivity index (χ2v) is 5.18. The molecule has 100 valence electrons. The molecule has 1 fully saturated rings. The Morgan fingerprint density at radius 3 is 2.89 bits per heavy atom. The highest BCUT2D eigenvalue weighted by atomic mass is 15.3. The minimum absolute atomic E-state index is 0.574. The highest BCUT2D eigenvalue weighted by Gasteiger charge is 2.16. The molecule has 1 aromatic heterocycles. The van der Waals surface area contributed by atoms with Crippen LogP contribution in [0.2, 0.25) is 0 Å². The Balaban J connectivity index is 1.68. The standard InChI is InChI=1S/C15H20N4/c1-13-11-18(10-8-16-13)12-14-7-9-19(17-14)15-5-3-2-4-6-15/h2-7,9,13,16H,8,10-12H2,1H3. The Labute approximate surface area is 114 Å². The highest BCUT2D eigenvalue weighted by molar-refractivity contribution is 5.30. The van der Waals surface area contributed by atoms with E-state index in [0.29, 0.717) is 6.04 Å². The van der Waals surface area contributed by atoms with E-state index in [9.17, 15) is 0 Å². The minimum Gasteiger partial charge on any atom is -0.312 e. The van der Waals surface area contributed by atoms with E-state index in [2.05, 4.69) is 40.4 Å². The van der Waals surface area contributed by atoms with Gasteiger partial charge in [-0.3, -0.25) is 4.90 Å². The summed E-state index contributed by atoms with van der Waals surface area (Å²) in [5.41, 5.74) is 2.25. The van der Waals surface area contributed by atoms with Crippen molar-refractivity contribution >= 4 is 0 Å². The van der Waals surface area contributed by atoms with Gasteiger partial charge in [0.2, 0.25) is 0 Å². The van der Waals surface area contributed by atoms with E-state index in [-0.39, 0.29) is 0 Å². The number of benzene rings is 1. The average molecular weight is 256 g/mol. The molecule has 19 heavy (non-hydrogen) atoms. The molecule has 0 radical (unpaired) electrons. The summed E-state index contributed by atoms with van der Waals surface area (Å²) in [6, 6.07) is 12.9. The fourth-order valence-electron chi connectivity index (χ4n) is 2.56. The van der Waals surface area contributed by atoms with Gasteiger partial charge in [-0.15, -0.1) is 0 Å². The molecule has 1 unspecified atom stereocenters. The van der Waals surface area contributed by atoms with Crippen molar-refractivity contribution in [3.63, 3.8) is 0 Å². The first-order valence-electron chi connectivity index (χ1n) is 6.87. The average Bonchev–Trinajstić information content (AvgIpc) is 2.88. The lowest BCUT2D eigenvalue weighted by molar-refractivity contribution is 0.197. The fourth-order valence-corrected chi connectivity index (χ4v) is 2.56. The van der Waals surface area contributed by atoms with Crippen LogP contribution in [-0.2, 0) is 6.54 Å². The molecular formula is C15H20N4. The Morgan fingerprint density at radius 1 is 1.26 bits per heavy atom. The third kappa shape index (κ3) is 3.03. The number of rotatable bonds is 3. The van der Waals surface area contributed by atoms with Crippen LogP contribution in [0.4, 0.5) is 0 Å². The minimum atomic E-state index is 0.574. The van der Waals surface area contributed by atoms with Crippen LogP contribution in [-0.4, -0.2) is 40.4 Å². The van der Waals surface area contributed by atoms with E-state index < -0.39 is 0 Å². The summed E-state index contributed by atoms with van der Waals surface area (Å²) < 4.78 is 1.95. The molecule has 1 aliphatic heterocycles. The van der Waals surface area contributed by atoms with Crippen LogP contribution in [0.15, 0.2) is 42.6 Å². The van der Waals surface area contributed by atoms with Crippen LogP contribution in [0, 0.1) is 0 Å². The van der Waals surface area contributed by atoms with Gasteiger partial charge in [0.25, 0.3) is 0 Å². The predicted molar refractivity (Wildman–Crippen MR) is 76.3 cm³/mol. The molecule has 1 atom stereocenters. The molecule has 4 heteroatoms. The highest BCUT2D eigenvalue weighted by Crippen LogP contribution is 2.09. The van der Waals surface area contributed by atoms with E-state index in [1.165, 1.54) is 0 Å². The van der Waals surface area contributed by atoms with Crippen molar-refractivity contribution in [3.05, 3.63) is 48.3 Å². The summed E-state index contributed by atoms with van der Waals surface area (Å²) in [5.74, 6) is 0. The van der Waals surface area contributed by atoms with Crippen LogP contribution in [0.3, 0.4) is 0 Å². The van der Waals surface area contributed by atoms with Crippen LogP contribution < -0.4 is 5.32 Å². The normalized spacial score (nSPS) is 20.6. The maximum absolute atomic E-state index is 4.65. The van der Waals surface area contributed by atoms with Gasteiger partial charge in [-0.25, -0.2) is 4.68 Å². The van der Waals surface area contributed by atoms with Crippen molar-refractivity contribution in [2.75, 3.05) is 19.6 Å². The molecule has 3 rings (SSSR count). The number of nitrogens with zero attached hydrogens (tertiary/aromatic N) is 3. The van der Waals surface area contributed by atoms with Crippen molar-refractivity contribution < 1.29 is 0 Å². The third-order valence-corrected chi connectivity index (χ3v) is 3.50. The summed E-state index contributed by atoms with van der Waals surface area (Å²) in [6.45, 7) is 6.43. The van der Waals surface area contributed by atoms with Crippen LogP contribution in [0.25, 0.3) is 5.69 Å². The van der Waals surface area contributed by atoms with Crippen molar-refractivity contribution in [3.8, 4) is 5.69 Å². The third-order valence-electron chi connectivity index (χ3n) is 3.50. The number of nitrogens with one attached hydrogen (secondary N) is 1. The Morgan fingerprint density at radius 2 is 2.11 bits per heavy atom. The van der Waals surface area contributed by atoms with Gasteiger partial charge in [-0.1, -0.05) is 18.2 Å². The second kappa shape index (κ2) is 5.55. The van der Waals surface area contributed by atoms with Gasteiger partial charge in [-0.05, 0) is 25.1 Å². The van der Waals surface area contributed by atoms with Crippen LogP contribution in [0.1, 0.15) is 12.6 Å². The zero-order chi connectivity index (χ0) is 13.1. The number of hydrogen-bond donors (Lipinski definition) is 1. The number of aromatic nitrogens is 2. The van der Waals surface area contributed by atoms with E-state index in [0.717, 1.165) is 37.6 Å². The van der Waals surface area contributed by atoms with Crippen LogP contribution in [0.5, 0.6) is 0 Å². The summed E-state index contributed by atoms with van der Waals surface area (Å²) >= 11 is 0. The van der Waals surface area contributed by atoms with Crippen molar-refractivity contribution in [1.29, 1.82) is 0 Å². The number of piperazine rings is 1. The van der Waals surface area contributed by atoms with Gasteiger partial charge in [0, 0.05) is 38.4 Å². The molecule has 0 bridgehead atoms. The summed E-state index contributed by atoms with van der Waals surface area (Å²) in [6.07, 6.45) is 2.04. The molecule has 4 nitrogen and oxygen atoms in total. The van der Waals surface area contributed by atoms with E-state index in [1.54, 1.807) is 0 Å². The molecule has 1 saturated heterocycles. The van der Waals surface area contributed by atoms with E-state index >= 15 is 0 Å². The van der Waals surface area contributed by atoms with E-state index in [1.807, 2.05) is 29.1 Å². The first-order chi connectivity index (χ1) is 9.31. The quantitative estimate of drug-likeness (QED) is 0.907. The van der Waals surface area contributed by atoms with Crippen molar-refractivity contribution in [2.24, 2.45) is 0 Å². The molecule has 2 aromatic rings. The Bertz CT molecular complexity index is 520. The van der Waals surface area contributed by atoms with Gasteiger partial charge in [0.1, 0.15) is 0 Å². The summed E-state index contributed by atoms with van der Waals surface area (Å²) in [4.78, 5) is 2.46. The SMILES string of the molecule is CC1CN(Cc2ccn(-c3ccccc3)n2)CCN1. The molecule has 0 aliphatic carbocycles. The molecule has 1 aliphatic rings. The molecule has 0 amide bonds. The molecule has 0 spiro atoms. The van der Waals surface area contributed by atoms with Crippen molar-refractivity contribution in [1.82, 2.24) is 20.0 Å². The van der Waals surface area contributed by atoms with Gasteiger partial charge < -0.3 is 5.32 Å². The molecule has 0 saturated carbocycles. The first-order valence-corrected chi connectivity index (χ1v) is 6.87. The van der Waals surface area contributed by atoms with Crippen molar-refractivity contribution in [2.45, 2.75) is 19.5 Å². The maximum atomic E-state index is 4.65. The molecule has 2 heterocycles. The molecule has 1 N–H and O–H groups in total.